The minimum atomic E-state index is 0. The van der Waals surface area contributed by atoms with Gasteiger partial charge < -0.3 is 11.0 Å². The second kappa shape index (κ2) is 16.5. The predicted molar refractivity (Wildman–Crippen MR) is 9.63 cm³/mol. The standard InChI is InChI=1S/Ba.K.2H2O/h;;2*1H2/q+2;+1;;/p-2. The third kappa shape index (κ3) is 8.93. The molecule has 0 aromatic heterocycles. The fourth-order valence-corrected chi connectivity index (χ4v) is 0. The first kappa shape index (κ1) is 27.4. The monoisotopic (exact) mass is 211 g/mol. The number of hydrogen-bond donors (Lipinski definition) is 0. The van der Waals surface area contributed by atoms with E-state index in [9.17, 15) is 0 Å². The van der Waals surface area contributed by atoms with E-state index in [1.54, 1.807) is 0 Å². The topological polar surface area (TPSA) is 60.0 Å². The summed E-state index contributed by atoms with van der Waals surface area (Å²) in [4.78, 5) is 0. The first-order valence-corrected chi connectivity index (χ1v) is 0. The summed E-state index contributed by atoms with van der Waals surface area (Å²) in [6.07, 6.45) is 0. The van der Waals surface area contributed by atoms with Crippen molar-refractivity contribution in [1.82, 2.24) is 0 Å². The fourth-order valence-electron chi connectivity index (χ4n) is 0. The maximum Gasteiger partial charge on any atom is 2.00 e. The summed E-state index contributed by atoms with van der Waals surface area (Å²) in [5, 5.41) is 0. The summed E-state index contributed by atoms with van der Waals surface area (Å²) < 4.78 is 0. The molecule has 0 radical (unpaired) electrons. The summed E-state index contributed by atoms with van der Waals surface area (Å²) in [5.74, 6) is 0. The average molecular weight is 210 g/mol. The Morgan fingerprint density at radius 3 is 0.750 bits per heavy atom. The molecule has 16 valence electrons. The fraction of sp³-hybridized carbons (Fsp3) is 0. The van der Waals surface area contributed by atoms with Crippen LogP contribution in [0.4, 0.5) is 0 Å². The Morgan fingerprint density at radius 2 is 0.750 bits per heavy atom. The minimum Gasteiger partial charge on any atom is -0.870 e. The maximum absolute atomic E-state index is 0. The third-order valence-corrected chi connectivity index (χ3v) is 0. The Labute approximate surface area is 108 Å². The van der Waals surface area contributed by atoms with Crippen LogP contribution in [-0.2, 0) is 0 Å². The van der Waals surface area contributed by atoms with Gasteiger partial charge >= 0.3 is 100 Å². The third-order valence-electron chi connectivity index (χ3n) is 0. The molecule has 0 aliphatic rings. The van der Waals surface area contributed by atoms with E-state index in [1.807, 2.05) is 0 Å². The van der Waals surface area contributed by atoms with Gasteiger partial charge in [0.1, 0.15) is 0 Å². The van der Waals surface area contributed by atoms with E-state index in [0.29, 0.717) is 0 Å². The molecule has 4 heavy (non-hydrogen) atoms. The summed E-state index contributed by atoms with van der Waals surface area (Å²) in [6, 6.07) is 0. The molecule has 0 bridgehead atoms. The van der Waals surface area contributed by atoms with Crippen LogP contribution in [0.25, 0.3) is 0 Å². The van der Waals surface area contributed by atoms with Crippen LogP contribution in [0.1, 0.15) is 0 Å². The van der Waals surface area contributed by atoms with Crippen molar-refractivity contribution in [2.24, 2.45) is 0 Å². The molecule has 0 fully saturated rings. The normalized spacial score (nSPS) is 0. The average Bonchev–Trinajstić information content (AvgIpc) is 0. The molecule has 0 aliphatic heterocycles. The largest absolute Gasteiger partial charge is 2.00 e. The smallest absolute Gasteiger partial charge is 0.870 e. The van der Waals surface area contributed by atoms with Crippen molar-refractivity contribution in [3.63, 3.8) is 0 Å². The van der Waals surface area contributed by atoms with Gasteiger partial charge in [-0.05, 0) is 0 Å². The molecule has 0 atom stereocenters. The van der Waals surface area contributed by atoms with Crippen LogP contribution in [0, 0.1) is 0 Å². The summed E-state index contributed by atoms with van der Waals surface area (Å²) >= 11 is 0. The van der Waals surface area contributed by atoms with Crippen LogP contribution in [0.5, 0.6) is 0 Å². The van der Waals surface area contributed by atoms with E-state index in [2.05, 4.69) is 0 Å². The number of rotatable bonds is 0. The zero-order valence-electron chi connectivity index (χ0n) is 2.60. The van der Waals surface area contributed by atoms with Crippen LogP contribution in [0.3, 0.4) is 0 Å². The van der Waals surface area contributed by atoms with E-state index in [0.717, 1.165) is 0 Å². The Bertz CT molecular complexity index is 6.00. The first-order valence-electron chi connectivity index (χ1n) is 0. The van der Waals surface area contributed by atoms with Gasteiger partial charge in [-0.3, -0.25) is 0 Å². The van der Waals surface area contributed by atoms with Gasteiger partial charge in [-0.1, -0.05) is 0 Å². The Hall–Kier alpha value is 3.13. The van der Waals surface area contributed by atoms with Gasteiger partial charge in [-0.15, -0.1) is 0 Å². The molecule has 2 nitrogen and oxygen atoms in total. The first-order chi connectivity index (χ1) is 0. The Morgan fingerprint density at radius 1 is 0.750 bits per heavy atom. The molecule has 2 N–H and O–H groups in total. The Balaban J connectivity index is 0. The van der Waals surface area contributed by atoms with Gasteiger partial charge in [0, 0.05) is 0 Å². The zero-order chi connectivity index (χ0) is 0. The quantitative estimate of drug-likeness (QED) is 0.386. The van der Waals surface area contributed by atoms with Crippen LogP contribution < -0.4 is 51.4 Å². The molecule has 0 saturated carbocycles. The SMILES string of the molecule is [Ba+2].[K+].[OH-].[OH-]. The molecule has 0 aromatic rings. The van der Waals surface area contributed by atoms with E-state index >= 15 is 0 Å². The molecule has 0 rings (SSSR count). The zero-order valence-corrected chi connectivity index (χ0v) is 10.2. The van der Waals surface area contributed by atoms with E-state index in [-0.39, 0.29) is 111 Å². The Kier molecular flexibility index (Phi) is 113. The molecule has 0 amide bonds. The molecule has 0 saturated heterocycles. The van der Waals surface area contributed by atoms with Crippen molar-refractivity contribution in [3.05, 3.63) is 0 Å². The molecule has 0 aliphatic carbocycles. The van der Waals surface area contributed by atoms with Crippen molar-refractivity contribution >= 4 is 48.9 Å². The molecule has 0 unspecified atom stereocenters. The van der Waals surface area contributed by atoms with Crippen molar-refractivity contribution in [1.29, 1.82) is 0 Å². The van der Waals surface area contributed by atoms with Crippen LogP contribution >= 0.6 is 0 Å². The van der Waals surface area contributed by atoms with Gasteiger partial charge in [0.05, 0.1) is 0 Å². The van der Waals surface area contributed by atoms with E-state index < -0.39 is 0 Å². The van der Waals surface area contributed by atoms with Crippen molar-refractivity contribution in [3.8, 4) is 0 Å². The predicted octanol–water partition coefficient (Wildman–Crippen LogP) is -3.73. The second-order valence-corrected chi connectivity index (χ2v) is 0. The molecule has 0 aromatic carbocycles. The van der Waals surface area contributed by atoms with E-state index in [4.69, 9.17) is 0 Å². The van der Waals surface area contributed by atoms with Gasteiger partial charge in [0.2, 0.25) is 0 Å². The van der Waals surface area contributed by atoms with Crippen LogP contribution in [0.2, 0.25) is 0 Å². The molecule has 0 spiro atoms. The molecular formula is H2BaKO2+. The van der Waals surface area contributed by atoms with Gasteiger partial charge in [0.25, 0.3) is 0 Å². The minimum absolute atomic E-state index is 0. The van der Waals surface area contributed by atoms with Crippen LogP contribution in [-0.4, -0.2) is 59.8 Å². The molecule has 4 heteroatoms. The van der Waals surface area contributed by atoms with Gasteiger partial charge in [-0.25, -0.2) is 0 Å². The van der Waals surface area contributed by atoms with Crippen molar-refractivity contribution < 1.29 is 62.3 Å². The maximum atomic E-state index is 0. The van der Waals surface area contributed by atoms with Crippen molar-refractivity contribution in [2.75, 3.05) is 0 Å². The summed E-state index contributed by atoms with van der Waals surface area (Å²) in [7, 11) is 0. The van der Waals surface area contributed by atoms with E-state index in [1.165, 1.54) is 0 Å². The molecule has 0 heterocycles. The summed E-state index contributed by atoms with van der Waals surface area (Å²) in [5.41, 5.74) is 0. The van der Waals surface area contributed by atoms with Crippen molar-refractivity contribution in [2.45, 2.75) is 0 Å². The van der Waals surface area contributed by atoms with Gasteiger partial charge in [0.15, 0.2) is 0 Å². The van der Waals surface area contributed by atoms with Crippen LogP contribution in [0.15, 0.2) is 0 Å². The van der Waals surface area contributed by atoms with Gasteiger partial charge in [-0.2, -0.15) is 0 Å². The summed E-state index contributed by atoms with van der Waals surface area (Å²) in [6.45, 7) is 0. The number of hydrogen-bond acceptors (Lipinski definition) is 2. The second-order valence-electron chi connectivity index (χ2n) is 0. The molecular weight excluding hydrogens is 208 g/mol.